The molecule has 0 aromatic carbocycles. The monoisotopic (exact) mass is 275 g/mol. The fourth-order valence-corrected chi connectivity index (χ4v) is 2.97. The summed E-state index contributed by atoms with van der Waals surface area (Å²) in [5, 5.41) is 0. The summed E-state index contributed by atoms with van der Waals surface area (Å²) in [5.74, 6) is 1.83. The average Bonchev–Trinajstić information content (AvgIpc) is 2.50. The molecule has 0 bridgehead atoms. The van der Waals surface area contributed by atoms with Gasteiger partial charge < -0.3 is 10.6 Å². The smallest absolute Gasteiger partial charge is 0.133 e. The fourth-order valence-electron chi connectivity index (χ4n) is 2.97. The minimum atomic E-state index is 0.590. The van der Waals surface area contributed by atoms with Gasteiger partial charge in [0.15, 0.2) is 0 Å². The minimum Gasteiger partial charge on any atom is -0.356 e. The van der Waals surface area contributed by atoms with Crippen molar-refractivity contribution in [2.75, 3.05) is 18.0 Å². The van der Waals surface area contributed by atoms with Crippen molar-refractivity contribution in [2.45, 2.75) is 59.4 Å². The Hall–Kier alpha value is -1.09. The Labute approximate surface area is 123 Å². The molecule has 1 aromatic heterocycles. The molecule has 2 rings (SSSR count). The molecule has 1 aliphatic rings. The first kappa shape index (κ1) is 15.3. The van der Waals surface area contributed by atoms with Gasteiger partial charge in [-0.3, -0.25) is 0 Å². The van der Waals surface area contributed by atoms with E-state index in [1.807, 2.05) is 0 Å². The van der Waals surface area contributed by atoms with Crippen LogP contribution in [0.4, 0.5) is 5.82 Å². The molecular weight excluding hydrogens is 246 g/mol. The lowest BCUT2D eigenvalue weighted by molar-refractivity contribution is 0.543. The minimum absolute atomic E-state index is 0.590. The van der Waals surface area contributed by atoms with Crippen LogP contribution in [0, 0.1) is 5.92 Å². The summed E-state index contributed by atoms with van der Waals surface area (Å²) in [6.07, 6.45) is 6.09. The van der Waals surface area contributed by atoms with Crippen molar-refractivity contribution < 1.29 is 0 Å². The first-order valence-corrected chi connectivity index (χ1v) is 8.16. The first-order valence-electron chi connectivity index (χ1n) is 8.16. The van der Waals surface area contributed by atoms with Gasteiger partial charge in [0.05, 0.1) is 0 Å². The number of nitrogens with zero attached hydrogens (tertiary/aromatic N) is 2. The van der Waals surface area contributed by atoms with Gasteiger partial charge in [-0.15, -0.1) is 0 Å². The van der Waals surface area contributed by atoms with Crippen LogP contribution in [0.15, 0.2) is 6.07 Å². The van der Waals surface area contributed by atoms with Gasteiger partial charge >= 0.3 is 0 Å². The number of nitrogens with two attached hydrogens (primary N) is 1. The zero-order valence-corrected chi connectivity index (χ0v) is 13.3. The second-order valence-corrected chi connectivity index (χ2v) is 6.04. The van der Waals surface area contributed by atoms with E-state index in [-0.39, 0.29) is 0 Å². The molecule has 1 atom stereocenters. The van der Waals surface area contributed by atoms with Crippen LogP contribution in [0.2, 0.25) is 0 Å². The van der Waals surface area contributed by atoms with Crippen molar-refractivity contribution in [3.8, 4) is 0 Å². The molecule has 1 aliphatic carbocycles. The molecule has 3 heteroatoms. The van der Waals surface area contributed by atoms with E-state index in [4.69, 9.17) is 10.7 Å². The second kappa shape index (κ2) is 7.07. The zero-order valence-electron chi connectivity index (χ0n) is 13.3. The van der Waals surface area contributed by atoms with Crippen LogP contribution >= 0.6 is 0 Å². The molecule has 0 spiro atoms. The van der Waals surface area contributed by atoms with Crippen LogP contribution in [0.25, 0.3) is 0 Å². The van der Waals surface area contributed by atoms with E-state index in [9.17, 15) is 0 Å². The van der Waals surface area contributed by atoms with Crippen LogP contribution in [0.3, 0.4) is 0 Å². The third-order valence-corrected chi connectivity index (χ3v) is 4.49. The van der Waals surface area contributed by atoms with E-state index < -0.39 is 0 Å². The average molecular weight is 275 g/mol. The summed E-state index contributed by atoms with van der Waals surface area (Å²) in [6, 6.07) is 2.32. The number of anilines is 1. The molecule has 0 saturated carbocycles. The van der Waals surface area contributed by atoms with Gasteiger partial charge in [-0.1, -0.05) is 20.3 Å². The maximum Gasteiger partial charge on any atom is 0.133 e. The topological polar surface area (TPSA) is 42.2 Å². The maximum absolute atomic E-state index is 5.97. The van der Waals surface area contributed by atoms with Crippen LogP contribution in [0.1, 0.15) is 56.9 Å². The van der Waals surface area contributed by atoms with Crippen molar-refractivity contribution in [2.24, 2.45) is 11.7 Å². The molecular formula is C17H29N3. The molecule has 0 aliphatic heterocycles. The summed E-state index contributed by atoms with van der Waals surface area (Å²) < 4.78 is 0. The van der Waals surface area contributed by atoms with Crippen molar-refractivity contribution >= 4 is 5.82 Å². The van der Waals surface area contributed by atoms with Crippen molar-refractivity contribution in [3.63, 3.8) is 0 Å². The molecule has 112 valence electrons. The van der Waals surface area contributed by atoms with Gasteiger partial charge in [-0.05, 0) is 50.2 Å². The molecule has 3 nitrogen and oxygen atoms in total. The molecule has 0 saturated heterocycles. The lowest BCUT2D eigenvalue weighted by atomic mass is 9.94. The van der Waals surface area contributed by atoms with Gasteiger partial charge in [0.25, 0.3) is 0 Å². The Kier molecular flexibility index (Phi) is 5.41. The van der Waals surface area contributed by atoms with Crippen molar-refractivity contribution in [3.05, 3.63) is 22.9 Å². The first-order chi connectivity index (χ1) is 9.69. The summed E-state index contributed by atoms with van der Waals surface area (Å²) in [4.78, 5) is 7.40. The molecule has 2 N–H and O–H groups in total. The normalized spacial score (nSPS) is 15.8. The SMILES string of the molecule is CCC(C)CN(CC)c1nc2c(cc1CN)CCCC2. The summed E-state index contributed by atoms with van der Waals surface area (Å²) in [6.45, 7) is 9.44. The van der Waals surface area contributed by atoms with E-state index in [1.165, 1.54) is 42.5 Å². The second-order valence-electron chi connectivity index (χ2n) is 6.04. The van der Waals surface area contributed by atoms with Crippen molar-refractivity contribution in [1.29, 1.82) is 0 Å². The predicted molar refractivity (Wildman–Crippen MR) is 86.1 cm³/mol. The number of rotatable bonds is 6. The van der Waals surface area contributed by atoms with E-state index in [2.05, 4.69) is 31.7 Å². The Morgan fingerprint density at radius 3 is 2.70 bits per heavy atom. The molecule has 0 fully saturated rings. The number of hydrogen-bond donors (Lipinski definition) is 1. The van der Waals surface area contributed by atoms with Crippen LogP contribution in [-0.4, -0.2) is 18.1 Å². The zero-order chi connectivity index (χ0) is 14.5. The molecule has 1 unspecified atom stereocenters. The molecule has 0 amide bonds. The number of aromatic nitrogens is 1. The Morgan fingerprint density at radius 2 is 2.05 bits per heavy atom. The van der Waals surface area contributed by atoms with Gasteiger partial charge in [0, 0.05) is 30.9 Å². The quantitative estimate of drug-likeness (QED) is 0.866. The number of fused-ring (bicyclic) bond motifs is 1. The molecule has 0 radical (unpaired) electrons. The Bertz CT molecular complexity index is 442. The van der Waals surface area contributed by atoms with E-state index in [0.717, 1.165) is 25.3 Å². The number of aryl methyl sites for hydroxylation is 2. The Balaban J connectivity index is 2.32. The van der Waals surface area contributed by atoms with Crippen molar-refractivity contribution in [1.82, 2.24) is 4.98 Å². The van der Waals surface area contributed by atoms with Gasteiger partial charge in [-0.2, -0.15) is 0 Å². The fraction of sp³-hybridized carbons (Fsp3) is 0.706. The molecule has 1 heterocycles. The highest BCUT2D eigenvalue weighted by Gasteiger charge is 2.18. The summed E-state index contributed by atoms with van der Waals surface area (Å²) in [7, 11) is 0. The van der Waals surface area contributed by atoms with E-state index in [1.54, 1.807) is 0 Å². The standard InChI is InChI=1S/C17H29N3/c1-4-13(3)12-20(5-2)17-15(11-18)10-14-8-6-7-9-16(14)19-17/h10,13H,4-9,11-12,18H2,1-3H3. The lowest BCUT2D eigenvalue weighted by Gasteiger charge is -2.29. The third kappa shape index (κ3) is 3.32. The van der Waals surface area contributed by atoms with E-state index >= 15 is 0 Å². The highest BCUT2D eigenvalue weighted by molar-refractivity contribution is 5.50. The highest BCUT2D eigenvalue weighted by Crippen LogP contribution is 2.27. The van der Waals surface area contributed by atoms with Crippen LogP contribution < -0.4 is 10.6 Å². The molecule has 20 heavy (non-hydrogen) atoms. The number of pyridine rings is 1. The summed E-state index contributed by atoms with van der Waals surface area (Å²) >= 11 is 0. The van der Waals surface area contributed by atoms with E-state index in [0.29, 0.717) is 12.5 Å². The largest absolute Gasteiger partial charge is 0.356 e. The van der Waals surface area contributed by atoms with Gasteiger partial charge in [0.2, 0.25) is 0 Å². The molecule has 1 aromatic rings. The predicted octanol–water partition coefficient (Wildman–Crippen LogP) is 3.29. The van der Waals surface area contributed by atoms with Gasteiger partial charge in [0.1, 0.15) is 5.82 Å². The summed E-state index contributed by atoms with van der Waals surface area (Å²) in [5.41, 5.74) is 9.93. The third-order valence-electron chi connectivity index (χ3n) is 4.49. The van der Waals surface area contributed by atoms with Crippen LogP contribution in [0.5, 0.6) is 0 Å². The Morgan fingerprint density at radius 1 is 1.30 bits per heavy atom. The maximum atomic E-state index is 5.97. The van der Waals surface area contributed by atoms with Gasteiger partial charge in [-0.25, -0.2) is 4.98 Å². The lowest BCUT2D eigenvalue weighted by Crippen LogP contribution is -2.31. The highest BCUT2D eigenvalue weighted by atomic mass is 15.2. The number of hydrogen-bond acceptors (Lipinski definition) is 3. The van der Waals surface area contributed by atoms with Crippen LogP contribution in [-0.2, 0) is 19.4 Å².